The van der Waals surface area contributed by atoms with Crippen LogP contribution in [0.15, 0.2) is 24.0 Å². The average Bonchev–Trinajstić information content (AvgIpc) is 3.18. The van der Waals surface area contributed by atoms with E-state index in [0.29, 0.717) is 31.1 Å². The molecule has 0 radical (unpaired) electrons. The highest BCUT2D eigenvalue weighted by Gasteiger charge is 2.46. The Morgan fingerprint density at radius 1 is 1.43 bits per heavy atom. The number of esters is 1. The van der Waals surface area contributed by atoms with Gasteiger partial charge in [-0.25, -0.2) is 0 Å². The van der Waals surface area contributed by atoms with Gasteiger partial charge in [0.1, 0.15) is 6.10 Å². The summed E-state index contributed by atoms with van der Waals surface area (Å²) in [6.07, 6.45) is 11.1. The number of unbranched alkanes of at least 4 members (excludes halogenated alkanes) is 1. The number of aliphatic hydroxyl groups excluding tert-OH is 2. The van der Waals surface area contributed by atoms with Crippen molar-refractivity contribution in [3.63, 3.8) is 0 Å². The molecule has 0 aromatic heterocycles. The van der Waals surface area contributed by atoms with E-state index in [0.717, 1.165) is 37.9 Å². The number of hydrogen-bond acceptors (Lipinski definition) is 5. The number of carbonyl (C=O) groups is 1. The lowest BCUT2D eigenvalue weighted by Crippen LogP contribution is -2.18. The zero-order chi connectivity index (χ0) is 20.5. The summed E-state index contributed by atoms with van der Waals surface area (Å²) >= 11 is 5.73. The monoisotopic (exact) mass is 414 g/mol. The van der Waals surface area contributed by atoms with Crippen LogP contribution in [0.25, 0.3) is 0 Å². The highest BCUT2D eigenvalue weighted by molar-refractivity contribution is 6.17. The van der Waals surface area contributed by atoms with Crippen molar-refractivity contribution in [2.24, 2.45) is 17.8 Å². The molecule has 1 aliphatic carbocycles. The van der Waals surface area contributed by atoms with Crippen molar-refractivity contribution in [3.8, 4) is 0 Å². The van der Waals surface area contributed by atoms with Crippen LogP contribution in [-0.2, 0) is 14.3 Å². The number of fused-ring (bicyclic) bond motifs is 1. The van der Waals surface area contributed by atoms with E-state index in [-0.39, 0.29) is 23.9 Å². The summed E-state index contributed by atoms with van der Waals surface area (Å²) in [6, 6.07) is 0. The van der Waals surface area contributed by atoms with Gasteiger partial charge in [0.2, 0.25) is 0 Å². The maximum Gasteiger partial charge on any atom is 0.305 e. The van der Waals surface area contributed by atoms with Gasteiger partial charge in [0.05, 0.1) is 25.1 Å². The molecule has 1 saturated carbocycles. The molecule has 0 spiro atoms. The predicted molar refractivity (Wildman–Crippen MR) is 110 cm³/mol. The van der Waals surface area contributed by atoms with Crippen LogP contribution in [0.5, 0.6) is 0 Å². The second-order valence-corrected chi connectivity index (χ2v) is 8.55. The molecule has 0 amide bonds. The summed E-state index contributed by atoms with van der Waals surface area (Å²) in [4.78, 5) is 11.2. The number of aliphatic hydroxyl groups is 2. The van der Waals surface area contributed by atoms with Crippen molar-refractivity contribution in [2.45, 2.75) is 76.6 Å². The van der Waals surface area contributed by atoms with Crippen molar-refractivity contribution < 1.29 is 24.5 Å². The lowest BCUT2D eigenvalue weighted by atomic mass is 9.90. The molecule has 160 valence electrons. The van der Waals surface area contributed by atoms with Crippen LogP contribution in [-0.4, -0.2) is 47.5 Å². The van der Waals surface area contributed by atoms with Gasteiger partial charge < -0.3 is 19.7 Å². The van der Waals surface area contributed by atoms with Crippen LogP contribution in [0.4, 0.5) is 0 Å². The number of alkyl halides is 1. The highest BCUT2D eigenvalue weighted by Crippen LogP contribution is 2.45. The van der Waals surface area contributed by atoms with E-state index in [1.165, 1.54) is 7.11 Å². The molecule has 6 atom stereocenters. The Bertz CT molecular complexity index is 547. The minimum atomic E-state index is -0.493. The van der Waals surface area contributed by atoms with Gasteiger partial charge in [0, 0.05) is 37.0 Å². The van der Waals surface area contributed by atoms with E-state index in [1.807, 2.05) is 12.2 Å². The van der Waals surface area contributed by atoms with Gasteiger partial charge in [0.25, 0.3) is 0 Å². The Morgan fingerprint density at radius 2 is 2.21 bits per heavy atom. The Morgan fingerprint density at radius 3 is 2.93 bits per heavy atom. The summed E-state index contributed by atoms with van der Waals surface area (Å²) in [5.74, 6) is 2.12. The van der Waals surface area contributed by atoms with E-state index in [4.69, 9.17) is 16.3 Å². The first-order valence-electron chi connectivity index (χ1n) is 10.5. The molecular formula is C22H35ClO5. The summed E-state index contributed by atoms with van der Waals surface area (Å²) in [5.41, 5.74) is 0. The fourth-order valence-corrected chi connectivity index (χ4v) is 4.44. The van der Waals surface area contributed by atoms with E-state index < -0.39 is 12.2 Å². The Labute approximate surface area is 173 Å². The first kappa shape index (κ1) is 23.2. The molecule has 1 aliphatic heterocycles. The highest BCUT2D eigenvalue weighted by atomic mass is 35.5. The van der Waals surface area contributed by atoms with Gasteiger partial charge in [-0.15, -0.1) is 11.6 Å². The molecule has 2 rings (SSSR count). The summed E-state index contributed by atoms with van der Waals surface area (Å²) in [7, 11) is 1.40. The Kier molecular flexibility index (Phi) is 9.83. The summed E-state index contributed by atoms with van der Waals surface area (Å²) in [5, 5.41) is 20.7. The zero-order valence-electron chi connectivity index (χ0n) is 17.1. The number of allylic oxidation sites excluding steroid dienone is 2. The number of hydrogen-bond donors (Lipinski definition) is 2. The van der Waals surface area contributed by atoms with E-state index >= 15 is 0 Å². The molecule has 5 nitrogen and oxygen atoms in total. The smallest absolute Gasteiger partial charge is 0.305 e. The molecule has 0 aromatic carbocycles. The van der Waals surface area contributed by atoms with Crippen LogP contribution < -0.4 is 0 Å². The van der Waals surface area contributed by atoms with E-state index in [2.05, 4.69) is 17.7 Å². The zero-order valence-corrected chi connectivity index (χ0v) is 17.8. The van der Waals surface area contributed by atoms with E-state index in [9.17, 15) is 15.0 Å². The average molecular weight is 415 g/mol. The lowest BCUT2D eigenvalue weighted by Gasteiger charge is -2.17. The lowest BCUT2D eigenvalue weighted by molar-refractivity contribution is -0.140. The Balaban J connectivity index is 1.81. The molecule has 0 aromatic rings. The summed E-state index contributed by atoms with van der Waals surface area (Å²) < 4.78 is 10.7. The van der Waals surface area contributed by atoms with Crippen molar-refractivity contribution in [2.75, 3.05) is 13.0 Å². The number of methoxy groups -OCH3 is 1. The number of halogens is 1. The van der Waals surface area contributed by atoms with Crippen molar-refractivity contribution in [3.05, 3.63) is 24.0 Å². The molecule has 0 bridgehead atoms. The van der Waals surface area contributed by atoms with Gasteiger partial charge in [-0.1, -0.05) is 19.1 Å². The fourth-order valence-electron chi connectivity index (χ4n) is 4.29. The van der Waals surface area contributed by atoms with Crippen LogP contribution in [0.2, 0.25) is 0 Å². The molecule has 2 N–H and O–H groups in total. The quantitative estimate of drug-likeness (QED) is 0.231. The molecule has 1 saturated heterocycles. The standard InChI is InChI=1S/C22H35ClO5/c1-15(6-5-11-23)12-16(24)9-10-18-19-13-17(28-21(19)14-20(18)25)7-3-4-8-22(26)27-2/h7,9-10,15-16,18-21,24-25H,3-6,8,11-14H2,1-2H3/t15-,16-,18-,19-,20-,21-/m1/s1. The summed E-state index contributed by atoms with van der Waals surface area (Å²) in [6.45, 7) is 2.13. The first-order valence-corrected chi connectivity index (χ1v) is 11.0. The molecule has 6 heteroatoms. The molecular weight excluding hydrogens is 380 g/mol. The van der Waals surface area contributed by atoms with Crippen molar-refractivity contribution >= 4 is 17.6 Å². The molecule has 1 heterocycles. The normalized spacial score (nSPS) is 30.4. The van der Waals surface area contributed by atoms with Gasteiger partial charge in [0.15, 0.2) is 0 Å². The Hall–Kier alpha value is -1.04. The number of ether oxygens (including phenoxy) is 2. The molecule has 2 fully saturated rings. The van der Waals surface area contributed by atoms with Gasteiger partial charge >= 0.3 is 5.97 Å². The third-order valence-corrected chi connectivity index (χ3v) is 6.11. The number of carbonyl (C=O) groups excluding carboxylic acids is 1. The van der Waals surface area contributed by atoms with E-state index in [1.54, 1.807) is 0 Å². The topological polar surface area (TPSA) is 76.0 Å². The van der Waals surface area contributed by atoms with Crippen LogP contribution in [0.3, 0.4) is 0 Å². The third-order valence-electron chi connectivity index (χ3n) is 5.84. The third kappa shape index (κ3) is 7.09. The molecule has 28 heavy (non-hydrogen) atoms. The number of rotatable bonds is 11. The fraction of sp³-hybridized carbons (Fsp3) is 0.773. The van der Waals surface area contributed by atoms with Gasteiger partial charge in [-0.05, 0) is 44.1 Å². The van der Waals surface area contributed by atoms with Crippen LogP contribution in [0.1, 0.15) is 58.3 Å². The first-order chi connectivity index (χ1) is 13.4. The maximum absolute atomic E-state index is 11.2. The SMILES string of the molecule is COC(=O)CCCC=C1C[C@@H]2[C@@H](C=C[C@@H](O)C[C@H](C)CCCCl)[C@H](O)C[C@H]2O1. The van der Waals surface area contributed by atoms with Crippen molar-refractivity contribution in [1.29, 1.82) is 0 Å². The van der Waals surface area contributed by atoms with Gasteiger partial charge in [-0.2, -0.15) is 0 Å². The van der Waals surface area contributed by atoms with Crippen molar-refractivity contribution in [1.82, 2.24) is 0 Å². The minimum absolute atomic E-state index is 0.0127. The molecule has 2 aliphatic rings. The molecule has 0 unspecified atom stereocenters. The maximum atomic E-state index is 11.2. The second kappa shape index (κ2) is 11.8. The van der Waals surface area contributed by atoms with Crippen LogP contribution in [0, 0.1) is 17.8 Å². The van der Waals surface area contributed by atoms with Crippen LogP contribution >= 0.6 is 11.6 Å². The minimum Gasteiger partial charge on any atom is -0.495 e. The van der Waals surface area contributed by atoms with Gasteiger partial charge in [-0.3, -0.25) is 4.79 Å². The second-order valence-electron chi connectivity index (χ2n) is 8.17. The largest absolute Gasteiger partial charge is 0.495 e. The predicted octanol–water partition coefficient (Wildman–Crippen LogP) is 3.96.